The number of halogens is 7. The van der Waals surface area contributed by atoms with Gasteiger partial charge in [0.2, 0.25) is 29.5 Å². The number of ether oxygens (including phenoxy) is 2. The predicted molar refractivity (Wildman–Crippen MR) is 331 cm³/mol. The van der Waals surface area contributed by atoms with E-state index in [9.17, 15) is 85.1 Å². The number of carbonyl (C=O) groups is 9. The number of phenolic OH excluding ortho intramolecular Hbond substituents is 2. The van der Waals surface area contributed by atoms with Gasteiger partial charge in [-0.05, 0) is 96.3 Å². The molecule has 3 aromatic heterocycles. The van der Waals surface area contributed by atoms with Crippen LogP contribution < -0.4 is 37.5 Å². The summed E-state index contributed by atoms with van der Waals surface area (Å²) in [7, 11) is 0. The molecule has 7 aromatic rings. The number of rotatable bonds is 20. The summed E-state index contributed by atoms with van der Waals surface area (Å²) in [5.74, 6) is -11.5. The number of carboxylic acids is 2. The fraction of sp³-hybridized carbons (Fsp3) is 0.328. The molecule has 0 unspecified atom stereocenters. The van der Waals surface area contributed by atoms with Crippen LogP contribution in [0.4, 0.5) is 30.7 Å². The minimum Gasteiger partial charge on any atom is -0.508 e. The van der Waals surface area contributed by atoms with Crippen molar-refractivity contribution in [1.29, 1.82) is 0 Å². The van der Waals surface area contributed by atoms with Crippen LogP contribution in [0, 0.1) is 12.7 Å². The average Bonchev–Trinajstić information content (AvgIpc) is 1.47. The molecule has 0 fully saturated rings. The number of aromatic hydroxyl groups is 3. The van der Waals surface area contributed by atoms with E-state index in [-0.39, 0.29) is 71.5 Å². The van der Waals surface area contributed by atoms with Crippen molar-refractivity contribution in [2.75, 3.05) is 33.0 Å². The summed E-state index contributed by atoms with van der Waals surface area (Å²) in [4.78, 5) is 128. The van der Waals surface area contributed by atoms with E-state index in [4.69, 9.17) is 34.3 Å². The van der Waals surface area contributed by atoms with Crippen molar-refractivity contribution in [3.63, 3.8) is 0 Å². The van der Waals surface area contributed by atoms with Crippen LogP contribution in [-0.4, -0.2) is 160 Å². The van der Waals surface area contributed by atoms with Crippen molar-refractivity contribution in [2.45, 2.75) is 102 Å². The second-order valence-corrected chi connectivity index (χ2v) is 22.9. The van der Waals surface area contributed by atoms with Crippen LogP contribution in [0.5, 0.6) is 17.5 Å². The minimum atomic E-state index is -5.08. The van der Waals surface area contributed by atoms with Crippen molar-refractivity contribution in [2.24, 2.45) is 0 Å². The zero-order chi connectivity index (χ0) is 73.5. The lowest BCUT2D eigenvalue weighted by atomic mass is 9.81. The summed E-state index contributed by atoms with van der Waals surface area (Å²) in [6, 6.07) is 17.7. The molecule has 6 amide bonds. The van der Waals surface area contributed by atoms with Gasteiger partial charge < -0.3 is 76.6 Å². The zero-order valence-electron chi connectivity index (χ0n) is 53.0. The molecule has 1 aliphatic carbocycles. The third-order valence-corrected chi connectivity index (χ3v) is 16.1. The van der Waals surface area contributed by atoms with E-state index in [2.05, 4.69) is 42.1 Å². The third kappa shape index (κ3) is 16.7. The van der Waals surface area contributed by atoms with Gasteiger partial charge in [0.05, 0.1) is 65.9 Å². The van der Waals surface area contributed by atoms with Gasteiger partial charge in [0, 0.05) is 40.6 Å². The Morgan fingerprint density at radius 3 is 2.03 bits per heavy atom. The summed E-state index contributed by atoms with van der Waals surface area (Å²) >= 11 is 0. The largest absolute Gasteiger partial charge is 0.508 e. The lowest BCUT2D eigenvalue weighted by Gasteiger charge is -2.31. The number of cyclic esters (lactones) is 1. The third-order valence-electron chi connectivity index (χ3n) is 16.1. The predicted octanol–water partition coefficient (Wildman–Crippen LogP) is 3.87. The van der Waals surface area contributed by atoms with Crippen molar-refractivity contribution in [1.82, 2.24) is 56.2 Å². The molecule has 0 spiro atoms. The second kappa shape index (κ2) is 30.5. The van der Waals surface area contributed by atoms with Crippen molar-refractivity contribution in [3.05, 3.63) is 145 Å². The maximum Gasteiger partial charge on any atom is 0.490 e. The number of hydrogen-bond acceptors (Lipinski definition) is 19. The number of phenols is 2. The topological polar surface area (TPSA) is 431 Å². The molecule has 0 saturated carbocycles. The van der Waals surface area contributed by atoms with Gasteiger partial charge in [0.1, 0.15) is 43.3 Å². The van der Waals surface area contributed by atoms with E-state index >= 15 is 4.39 Å². The first-order valence-electron chi connectivity index (χ1n) is 30.1. The Morgan fingerprint density at radius 2 is 1.40 bits per heavy atom. The average molecular weight is 1410 g/mol. The number of aliphatic hydroxyl groups is 1. The normalized spacial score (nSPS) is 15.2. The highest BCUT2D eigenvalue weighted by molar-refractivity contribution is 5.98. The number of nitrogens with zero attached hydrogens (tertiary/aromatic N) is 5. The van der Waals surface area contributed by atoms with Crippen molar-refractivity contribution >= 4 is 64.3 Å². The molecule has 10 rings (SSSR count). The highest BCUT2D eigenvalue weighted by Gasteiger charge is 2.46. The number of fused-ring (bicyclic) bond motifs is 5. The fourth-order valence-corrected chi connectivity index (χ4v) is 11.1. The summed E-state index contributed by atoms with van der Waals surface area (Å²) < 4.78 is 92.3. The van der Waals surface area contributed by atoms with Crippen LogP contribution in [0.2, 0.25) is 0 Å². The van der Waals surface area contributed by atoms with E-state index in [1.165, 1.54) is 51.6 Å². The zero-order valence-corrected chi connectivity index (χ0v) is 53.0. The van der Waals surface area contributed by atoms with Gasteiger partial charge in [0.25, 0.3) is 11.5 Å². The Balaban J connectivity index is 0.000000822. The number of aryl methyl sites for hydroxylation is 1. The number of amides is 6. The first-order valence-corrected chi connectivity index (χ1v) is 30.1. The van der Waals surface area contributed by atoms with Crippen LogP contribution in [0.15, 0.2) is 83.7 Å². The molecule has 0 bridgehead atoms. The molecule has 12 N–H and O–H groups in total. The molecular formula is C64H62F7N11O18. The smallest absolute Gasteiger partial charge is 0.490 e. The number of esters is 1. The van der Waals surface area contributed by atoms with E-state index in [0.717, 1.165) is 0 Å². The van der Waals surface area contributed by atoms with Crippen LogP contribution in [0.1, 0.15) is 100 Å². The highest BCUT2D eigenvalue weighted by Crippen LogP contribution is 2.46. The summed E-state index contributed by atoms with van der Waals surface area (Å²) in [5, 5.41) is 80.9. The standard InChI is InChI=1S/C60H60FN11O14.2C2HF3O2/c1-5-60(84)39-19-44-53-37(25-71(44)57(81)38(39)26-86-58(60)82)52-41(16-15-34-30(4)40(61)20-42(68-53)51(34)52)66-50(78)27-85-28-65-48(76)23-64-56(80)43(17-31-9-7-6-8-10-31)67-49(77)24-62-47(75)22-63-55(79)32-11-13-33(14-12-32)72-54(69-70-59(72)83)36-18-35(29(2)3)45(73)21-46(36)74;2*3-2(4,5)1(6)7/h6-14,18-21,29,41,43,73-74,84H,5,15-17,22-28H2,1-4H3,(H,62,75)(H,63,79)(H,64,80)(H,65,76)(H,66,78)(H,67,77)(H,70,83);2*(H,6,7)/t41-,43-,60-;;/m0../s1. The van der Waals surface area contributed by atoms with Gasteiger partial charge in [-0.25, -0.2) is 28.3 Å². The van der Waals surface area contributed by atoms with Gasteiger partial charge in [-0.1, -0.05) is 56.2 Å². The van der Waals surface area contributed by atoms with Crippen LogP contribution >= 0.6 is 0 Å². The van der Waals surface area contributed by atoms with Crippen LogP contribution in [-0.2, 0) is 79.4 Å². The van der Waals surface area contributed by atoms with Crippen molar-refractivity contribution in [3.8, 4) is 46.0 Å². The summed E-state index contributed by atoms with van der Waals surface area (Å²) in [6.07, 6.45) is -9.48. The maximum atomic E-state index is 15.4. The molecule has 3 atom stereocenters. The number of benzene rings is 4. The van der Waals surface area contributed by atoms with Gasteiger partial charge in [-0.3, -0.25) is 33.6 Å². The molecule has 100 heavy (non-hydrogen) atoms. The maximum absolute atomic E-state index is 15.4. The molecule has 36 heteroatoms. The van der Waals surface area contributed by atoms with E-state index in [0.29, 0.717) is 74.2 Å². The van der Waals surface area contributed by atoms with Crippen LogP contribution in [0.25, 0.3) is 39.4 Å². The number of hydrogen-bond donors (Lipinski definition) is 12. The summed E-state index contributed by atoms with van der Waals surface area (Å²) in [5.41, 5.74) is 2.87. The number of alkyl halides is 6. The second-order valence-electron chi connectivity index (χ2n) is 22.9. The van der Waals surface area contributed by atoms with Crippen LogP contribution in [0.3, 0.4) is 0 Å². The lowest BCUT2D eigenvalue weighted by molar-refractivity contribution is -0.193. The Kier molecular flexibility index (Phi) is 22.6. The first-order chi connectivity index (χ1) is 47.0. The Hall–Kier alpha value is -11.6. The quantitative estimate of drug-likeness (QED) is 0.0223. The minimum absolute atomic E-state index is 0.00276. The molecule has 3 aliphatic rings. The SMILES string of the molecule is CC[C@@]1(O)C(=O)OCc2c1cc1n(c2=O)Cc2c-1nc1cc(F)c(C)c3c1c2[C@@H](NC(=O)COCNC(=O)CNC(=O)[C@H](Cc1ccccc1)NC(=O)CNC(=O)CNC(=O)c1ccc(-n2c(O)nnc2-c2cc(C(C)C)c(O)cc2O)cc1)CC3.O=C(O)C(F)(F)F.O=C(O)C(F)(F)F. The van der Waals surface area contributed by atoms with E-state index in [1.807, 2.05) is 13.8 Å². The molecule has 4 aromatic carbocycles. The molecule has 2 aliphatic heterocycles. The number of aliphatic carboxylic acids is 2. The summed E-state index contributed by atoms with van der Waals surface area (Å²) in [6.45, 7) is 4.06. The molecule has 0 radical (unpaired) electrons. The van der Waals surface area contributed by atoms with Gasteiger partial charge in [0.15, 0.2) is 11.4 Å². The number of carbonyl (C=O) groups excluding carboxylic acids is 7. The van der Waals surface area contributed by atoms with E-state index < -0.39 is 134 Å². The molecule has 0 saturated heterocycles. The molecule has 29 nitrogen and oxygen atoms in total. The fourth-order valence-electron chi connectivity index (χ4n) is 11.1. The molecular weight excluding hydrogens is 1340 g/mol. The van der Waals surface area contributed by atoms with Crippen molar-refractivity contribution < 1.29 is 114 Å². The Morgan fingerprint density at radius 1 is 0.770 bits per heavy atom. The van der Waals surface area contributed by atoms with Gasteiger partial charge in [-0.2, -0.15) is 26.3 Å². The van der Waals surface area contributed by atoms with E-state index in [1.54, 1.807) is 50.2 Å². The number of nitrogens with one attached hydrogen (secondary N) is 6. The van der Waals surface area contributed by atoms with Gasteiger partial charge in [-0.15, -0.1) is 5.10 Å². The lowest BCUT2D eigenvalue weighted by Crippen LogP contribution is -2.52. The Bertz CT molecular complexity index is 4430. The van der Waals surface area contributed by atoms with Gasteiger partial charge >= 0.3 is 36.3 Å². The Labute approximate surface area is 559 Å². The molecule has 5 heterocycles. The monoisotopic (exact) mass is 1410 g/mol. The number of aromatic nitrogens is 5. The molecule has 530 valence electrons. The highest BCUT2D eigenvalue weighted by atomic mass is 19.4. The number of carboxylic acid groups (broad SMARTS) is 2. The number of pyridine rings is 2. The first kappa shape index (κ1) is 74.2.